The van der Waals surface area contributed by atoms with Gasteiger partial charge in [0.15, 0.2) is 11.6 Å². The van der Waals surface area contributed by atoms with Crippen LogP contribution in [0.1, 0.15) is 5.56 Å². The SMILES string of the molecule is Brc1ccc2nnn(Cc3cccc(-c4ncc(OCCN5CCOCC5)cn4)c3)c2c1. The number of nitrogens with zero attached hydrogens (tertiary/aromatic N) is 6. The number of halogens is 1. The molecule has 2 aromatic carbocycles. The summed E-state index contributed by atoms with van der Waals surface area (Å²) in [6.45, 7) is 5.60. The molecular weight excluding hydrogens is 472 g/mol. The van der Waals surface area contributed by atoms with Gasteiger partial charge >= 0.3 is 0 Å². The van der Waals surface area contributed by atoms with Gasteiger partial charge in [-0.2, -0.15) is 0 Å². The highest BCUT2D eigenvalue weighted by Gasteiger charge is 2.11. The number of benzene rings is 2. The fraction of sp³-hybridized carbons (Fsp3) is 0.304. The summed E-state index contributed by atoms with van der Waals surface area (Å²) in [7, 11) is 0. The van der Waals surface area contributed by atoms with Gasteiger partial charge in [-0.25, -0.2) is 14.6 Å². The lowest BCUT2D eigenvalue weighted by molar-refractivity contribution is 0.0322. The standard InChI is InChI=1S/C23H23BrN6O2/c24-19-4-5-21-22(13-19)30(28-27-21)16-17-2-1-3-18(12-17)23-25-14-20(15-26-23)32-11-8-29-6-9-31-10-7-29/h1-5,12-15H,6-11,16H2. The summed E-state index contributed by atoms with van der Waals surface area (Å²) in [5.74, 6) is 1.34. The molecule has 1 saturated heterocycles. The van der Waals surface area contributed by atoms with Crippen molar-refractivity contribution < 1.29 is 9.47 Å². The molecule has 1 aliphatic rings. The number of ether oxygens (including phenoxy) is 2. The molecule has 5 rings (SSSR count). The first kappa shape index (κ1) is 21.0. The van der Waals surface area contributed by atoms with E-state index in [1.54, 1.807) is 12.4 Å². The summed E-state index contributed by atoms with van der Waals surface area (Å²) >= 11 is 3.52. The molecule has 8 nitrogen and oxygen atoms in total. The van der Waals surface area contributed by atoms with Gasteiger partial charge in [0.1, 0.15) is 12.1 Å². The first-order chi connectivity index (χ1) is 15.7. The Labute approximate surface area is 194 Å². The van der Waals surface area contributed by atoms with Crippen molar-refractivity contribution in [2.24, 2.45) is 0 Å². The average Bonchev–Trinajstić information content (AvgIpc) is 3.22. The minimum atomic E-state index is 0.611. The van der Waals surface area contributed by atoms with Crippen LogP contribution in [0.4, 0.5) is 0 Å². The van der Waals surface area contributed by atoms with Gasteiger partial charge in [-0.05, 0) is 29.8 Å². The number of rotatable bonds is 7. The summed E-state index contributed by atoms with van der Waals surface area (Å²) in [4.78, 5) is 11.3. The molecule has 0 saturated carbocycles. The van der Waals surface area contributed by atoms with Crippen LogP contribution in [0, 0.1) is 0 Å². The van der Waals surface area contributed by atoms with Crippen molar-refractivity contribution in [2.45, 2.75) is 6.54 Å². The molecular formula is C23H23BrN6O2. The fourth-order valence-electron chi connectivity index (χ4n) is 3.69. The zero-order chi connectivity index (χ0) is 21.8. The molecule has 9 heteroatoms. The Balaban J connectivity index is 1.24. The van der Waals surface area contributed by atoms with E-state index in [0.29, 0.717) is 24.7 Å². The van der Waals surface area contributed by atoms with Crippen molar-refractivity contribution >= 4 is 27.0 Å². The minimum Gasteiger partial charge on any atom is -0.489 e. The van der Waals surface area contributed by atoms with Crippen LogP contribution in [-0.4, -0.2) is 69.3 Å². The Morgan fingerprint density at radius 2 is 1.88 bits per heavy atom. The van der Waals surface area contributed by atoms with Crippen LogP contribution in [-0.2, 0) is 11.3 Å². The second-order valence-electron chi connectivity index (χ2n) is 7.63. The van der Waals surface area contributed by atoms with Crippen molar-refractivity contribution in [1.82, 2.24) is 29.9 Å². The Kier molecular flexibility index (Phi) is 6.38. The zero-order valence-electron chi connectivity index (χ0n) is 17.5. The third kappa shape index (κ3) is 4.95. The van der Waals surface area contributed by atoms with Crippen LogP contribution >= 0.6 is 15.9 Å². The minimum absolute atomic E-state index is 0.611. The largest absolute Gasteiger partial charge is 0.489 e. The van der Waals surface area contributed by atoms with Crippen LogP contribution in [0.5, 0.6) is 5.75 Å². The average molecular weight is 495 g/mol. The number of fused-ring (bicyclic) bond motifs is 1. The number of hydrogen-bond acceptors (Lipinski definition) is 7. The van der Waals surface area contributed by atoms with Gasteiger partial charge in [0.25, 0.3) is 0 Å². The van der Waals surface area contributed by atoms with Crippen molar-refractivity contribution in [1.29, 1.82) is 0 Å². The molecule has 164 valence electrons. The first-order valence-corrected chi connectivity index (χ1v) is 11.4. The molecule has 0 atom stereocenters. The highest BCUT2D eigenvalue weighted by atomic mass is 79.9. The molecule has 0 bridgehead atoms. The topological polar surface area (TPSA) is 78.2 Å². The molecule has 0 N–H and O–H groups in total. The van der Waals surface area contributed by atoms with Crippen molar-refractivity contribution in [3.63, 3.8) is 0 Å². The van der Waals surface area contributed by atoms with Crippen molar-refractivity contribution in [3.8, 4) is 17.1 Å². The summed E-state index contributed by atoms with van der Waals surface area (Å²) in [5, 5.41) is 8.54. The summed E-state index contributed by atoms with van der Waals surface area (Å²) in [6.07, 6.45) is 3.47. The molecule has 2 aromatic heterocycles. The smallest absolute Gasteiger partial charge is 0.159 e. The monoisotopic (exact) mass is 494 g/mol. The normalized spacial score (nSPS) is 14.7. The maximum Gasteiger partial charge on any atom is 0.159 e. The predicted octanol–water partition coefficient (Wildman–Crippen LogP) is 3.41. The van der Waals surface area contributed by atoms with E-state index in [1.807, 2.05) is 35.0 Å². The second-order valence-corrected chi connectivity index (χ2v) is 8.54. The molecule has 0 amide bonds. The van der Waals surface area contributed by atoms with E-state index in [9.17, 15) is 0 Å². The number of morpholine rings is 1. The van der Waals surface area contributed by atoms with E-state index in [-0.39, 0.29) is 0 Å². The first-order valence-electron chi connectivity index (χ1n) is 10.6. The lowest BCUT2D eigenvalue weighted by Gasteiger charge is -2.26. The van der Waals surface area contributed by atoms with Crippen LogP contribution in [0.15, 0.2) is 59.3 Å². The second kappa shape index (κ2) is 9.72. The highest BCUT2D eigenvalue weighted by molar-refractivity contribution is 9.10. The Hall–Kier alpha value is -2.88. The van der Waals surface area contributed by atoms with Gasteiger partial charge < -0.3 is 9.47 Å². The van der Waals surface area contributed by atoms with Gasteiger partial charge in [0, 0.05) is 29.7 Å². The predicted molar refractivity (Wildman–Crippen MR) is 125 cm³/mol. The van der Waals surface area contributed by atoms with Gasteiger partial charge in [0.2, 0.25) is 0 Å². The lowest BCUT2D eigenvalue weighted by Crippen LogP contribution is -2.38. The van der Waals surface area contributed by atoms with Gasteiger partial charge in [-0.3, -0.25) is 4.90 Å². The van der Waals surface area contributed by atoms with Gasteiger partial charge in [-0.1, -0.05) is 39.3 Å². The number of hydrogen-bond donors (Lipinski definition) is 0. The third-order valence-corrected chi connectivity index (χ3v) is 5.89. The Morgan fingerprint density at radius 3 is 2.72 bits per heavy atom. The van der Waals surface area contributed by atoms with E-state index in [1.165, 1.54) is 0 Å². The molecule has 0 spiro atoms. The van der Waals surface area contributed by atoms with E-state index in [4.69, 9.17) is 9.47 Å². The highest BCUT2D eigenvalue weighted by Crippen LogP contribution is 2.21. The number of aromatic nitrogens is 5. The third-order valence-electron chi connectivity index (χ3n) is 5.40. The summed E-state index contributed by atoms with van der Waals surface area (Å²) in [5.41, 5.74) is 3.91. The molecule has 1 fully saturated rings. The van der Waals surface area contributed by atoms with Crippen molar-refractivity contribution in [3.05, 3.63) is 64.9 Å². The maximum atomic E-state index is 5.81. The van der Waals surface area contributed by atoms with Crippen LogP contribution in [0.2, 0.25) is 0 Å². The summed E-state index contributed by atoms with van der Waals surface area (Å²) in [6, 6.07) is 14.1. The van der Waals surface area contributed by atoms with Crippen LogP contribution < -0.4 is 4.74 Å². The molecule has 32 heavy (non-hydrogen) atoms. The molecule has 3 heterocycles. The van der Waals surface area contributed by atoms with E-state index in [2.05, 4.69) is 53.2 Å². The zero-order valence-corrected chi connectivity index (χ0v) is 19.1. The molecule has 0 unspecified atom stereocenters. The van der Waals surface area contributed by atoms with Crippen LogP contribution in [0.25, 0.3) is 22.4 Å². The Bertz CT molecular complexity index is 1190. The molecule has 0 radical (unpaired) electrons. The lowest BCUT2D eigenvalue weighted by atomic mass is 10.1. The van der Waals surface area contributed by atoms with E-state index < -0.39 is 0 Å². The van der Waals surface area contributed by atoms with Crippen molar-refractivity contribution in [2.75, 3.05) is 39.5 Å². The maximum absolute atomic E-state index is 5.81. The van der Waals surface area contributed by atoms with Crippen LogP contribution in [0.3, 0.4) is 0 Å². The van der Waals surface area contributed by atoms with E-state index >= 15 is 0 Å². The molecule has 0 aliphatic carbocycles. The molecule has 4 aromatic rings. The summed E-state index contributed by atoms with van der Waals surface area (Å²) < 4.78 is 14.1. The molecule has 1 aliphatic heterocycles. The van der Waals surface area contributed by atoms with E-state index in [0.717, 1.165) is 59.5 Å². The van der Waals surface area contributed by atoms with Gasteiger partial charge in [0.05, 0.1) is 37.7 Å². The fourth-order valence-corrected chi connectivity index (χ4v) is 4.04. The quantitative estimate of drug-likeness (QED) is 0.389. The van der Waals surface area contributed by atoms with Gasteiger partial charge in [-0.15, -0.1) is 5.10 Å². The Morgan fingerprint density at radius 1 is 1.03 bits per heavy atom.